The fraction of sp³-hybridized carbons (Fsp3) is 0.263. The van der Waals surface area contributed by atoms with Crippen LogP contribution in [0.1, 0.15) is 31.7 Å². The fourth-order valence-electron chi connectivity index (χ4n) is 2.79. The number of unbranched alkanes of at least 4 members (excludes halogenated alkanes) is 2. The molecule has 0 unspecified atom stereocenters. The minimum Gasteiger partial charge on any atom is -0.366 e. The van der Waals surface area contributed by atoms with Gasteiger partial charge in [-0.2, -0.15) is 0 Å². The number of nitrogens with one attached hydrogen (secondary N) is 1. The van der Waals surface area contributed by atoms with Crippen LogP contribution in [0.2, 0.25) is 0 Å². The van der Waals surface area contributed by atoms with E-state index in [2.05, 4.69) is 67.1 Å². The summed E-state index contributed by atoms with van der Waals surface area (Å²) >= 11 is 0. The molecule has 0 spiro atoms. The Kier molecular flexibility index (Phi) is 3.87. The monoisotopic (exact) mass is 263 g/mol. The van der Waals surface area contributed by atoms with E-state index in [1.54, 1.807) is 0 Å². The van der Waals surface area contributed by atoms with Gasteiger partial charge in [0.25, 0.3) is 0 Å². The Morgan fingerprint density at radius 2 is 1.65 bits per heavy atom. The molecule has 0 fully saturated rings. The van der Waals surface area contributed by atoms with Crippen molar-refractivity contribution in [1.82, 2.24) is 5.32 Å². The minimum absolute atomic E-state index is 1.18. The van der Waals surface area contributed by atoms with Crippen molar-refractivity contribution < 1.29 is 0 Å². The van der Waals surface area contributed by atoms with E-state index in [4.69, 9.17) is 0 Å². The van der Waals surface area contributed by atoms with E-state index >= 15 is 0 Å². The standard InChI is InChI=1S/C19H21N/c1-2-3-4-7-15-10-11-17-14-20-13-16-8-5-6-9-18(16)19(17)12-15/h5-6,8-14,20H,2-4,7H2,1H3. The third-order valence-electron chi connectivity index (χ3n) is 3.92. The summed E-state index contributed by atoms with van der Waals surface area (Å²) in [6.45, 7) is 2.25. The van der Waals surface area contributed by atoms with Crippen molar-refractivity contribution in [3.8, 4) is 0 Å². The molecule has 20 heavy (non-hydrogen) atoms. The first kappa shape index (κ1) is 13.0. The number of hydrogen-bond acceptors (Lipinski definition) is 1. The van der Waals surface area contributed by atoms with Crippen LogP contribution >= 0.6 is 0 Å². The Balaban J connectivity index is 2.18. The number of rotatable bonds is 4. The molecule has 3 rings (SSSR count). The molecule has 1 aliphatic rings. The Morgan fingerprint density at radius 3 is 2.50 bits per heavy atom. The largest absolute Gasteiger partial charge is 0.366 e. The Morgan fingerprint density at radius 1 is 0.850 bits per heavy atom. The molecule has 2 aromatic carbocycles. The zero-order valence-electron chi connectivity index (χ0n) is 12.0. The molecule has 1 aliphatic heterocycles. The molecule has 0 atom stereocenters. The molecule has 0 bridgehead atoms. The molecule has 0 amide bonds. The van der Waals surface area contributed by atoms with Gasteiger partial charge in [-0.1, -0.05) is 62.2 Å². The van der Waals surface area contributed by atoms with Crippen LogP contribution in [0.3, 0.4) is 0 Å². The van der Waals surface area contributed by atoms with Gasteiger partial charge < -0.3 is 5.32 Å². The van der Waals surface area contributed by atoms with E-state index in [0.29, 0.717) is 0 Å². The van der Waals surface area contributed by atoms with Gasteiger partial charge in [-0.25, -0.2) is 0 Å². The Bertz CT molecular complexity index is 802. The first-order chi connectivity index (χ1) is 9.88. The lowest BCUT2D eigenvalue weighted by atomic mass is 10.0. The topological polar surface area (TPSA) is 12.0 Å². The van der Waals surface area contributed by atoms with Crippen molar-refractivity contribution in [3.63, 3.8) is 0 Å². The molecule has 0 saturated heterocycles. The second kappa shape index (κ2) is 5.96. The van der Waals surface area contributed by atoms with Gasteiger partial charge in [0.05, 0.1) is 0 Å². The molecule has 0 saturated carbocycles. The SMILES string of the molecule is CCCCCc1ccc2c(c1)=c1ccccc1=CNC=2. The van der Waals surface area contributed by atoms with E-state index in [0.717, 1.165) is 0 Å². The third-order valence-corrected chi connectivity index (χ3v) is 3.92. The molecule has 0 radical (unpaired) electrons. The van der Waals surface area contributed by atoms with Gasteiger partial charge in [0.2, 0.25) is 0 Å². The summed E-state index contributed by atoms with van der Waals surface area (Å²) in [5.41, 5.74) is 1.45. The average molecular weight is 263 g/mol. The minimum atomic E-state index is 1.18. The van der Waals surface area contributed by atoms with Crippen LogP contribution in [-0.2, 0) is 6.42 Å². The van der Waals surface area contributed by atoms with Crippen LogP contribution in [0.5, 0.6) is 0 Å². The summed E-state index contributed by atoms with van der Waals surface area (Å²) in [5.74, 6) is 0. The molecule has 102 valence electrons. The zero-order chi connectivity index (χ0) is 13.8. The van der Waals surface area contributed by atoms with Crippen LogP contribution in [0.4, 0.5) is 0 Å². The summed E-state index contributed by atoms with van der Waals surface area (Å²) in [4.78, 5) is 0. The second-order valence-corrected chi connectivity index (χ2v) is 5.42. The Labute approximate surface area is 120 Å². The van der Waals surface area contributed by atoms with E-state index < -0.39 is 0 Å². The first-order valence-electron chi connectivity index (χ1n) is 7.53. The van der Waals surface area contributed by atoms with E-state index in [1.165, 1.54) is 52.1 Å². The van der Waals surface area contributed by atoms with Crippen LogP contribution in [0.25, 0.3) is 12.4 Å². The van der Waals surface area contributed by atoms with Crippen molar-refractivity contribution in [2.45, 2.75) is 32.6 Å². The third kappa shape index (κ3) is 2.62. The van der Waals surface area contributed by atoms with E-state index in [-0.39, 0.29) is 0 Å². The highest BCUT2D eigenvalue weighted by Crippen LogP contribution is 2.06. The molecule has 2 aromatic rings. The molecule has 1 heterocycles. The smallest absolute Gasteiger partial charge is 0.00840 e. The lowest BCUT2D eigenvalue weighted by Crippen LogP contribution is -2.08. The van der Waals surface area contributed by atoms with Gasteiger partial charge in [-0.3, -0.25) is 0 Å². The zero-order valence-corrected chi connectivity index (χ0v) is 12.0. The fourth-order valence-corrected chi connectivity index (χ4v) is 2.79. The van der Waals surface area contributed by atoms with Gasteiger partial charge in [0.1, 0.15) is 0 Å². The molecule has 1 heteroatoms. The van der Waals surface area contributed by atoms with Gasteiger partial charge in [-0.05, 0) is 39.3 Å². The number of fused-ring (bicyclic) bond motifs is 2. The van der Waals surface area contributed by atoms with Crippen LogP contribution in [0.15, 0.2) is 42.5 Å². The number of benzene rings is 2. The van der Waals surface area contributed by atoms with Gasteiger partial charge in [0.15, 0.2) is 0 Å². The number of hydrogen-bond donors (Lipinski definition) is 1. The summed E-state index contributed by atoms with van der Waals surface area (Å²) in [5, 5.41) is 8.47. The number of aryl methyl sites for hydroxylation is 1. The molecule has 0 aliphatic carbocycles. The lowest BCUT2D eigenvalue weighted by molar-refractivity contribution is 0.717. The van der Waals surface area contributed by atoms with Gasteiger partial charge in [-0.15, -0.1) is 0 Å². The van der Waals surface area contributed by atoms with Crippen molar-refractivity contribution in [3.05, 3.63) is 68.9 Å². The van der Waals surface area contributed by atoms with E-state index in [1.807, 2.05) is 0 Å². The van der Waals surface area contributed by atoms with E-state index in [9.17, 15) is 0 Å². The summed E-state index contributed by atoms with van der Waals surface area (Å²) in [7, 11) is 0. The second-order valence-electron chi connectivity index (χ2n) is 5.42. The molecule has 1 nitrogen and oxygen atoms in total. The maximum atomic E-state index is 3.28. The van der Waals surface area contributed by atoms with Gasteiger partial charge in [0, 0.05) is 12.4 Å². The Hall–Kier alpha value is -2.02. The van der Waals surface area contributed by atoms with Crippen molar-refractivity contribution in [2.75, 3.05) is 0 Å². The van der Waals surface area contributed by atoms with Crippen LogP contribution < -0.4 is 15.8 Å². The molecular formula is C19H21N. The van der Waals surface area contributed by atoms with Crippen LogP contribution in [0, 0.1) is 10.4 Å². The van der Waals surface area contributed by atoms with Crippen molar-refractivity contribution in [2.24, 2.45) is 0 Å². The highest BCUT2D eigenvalue weighted by Gasteiger charge is 1.97. The van der Waals surface area contributed by atoms with Gasteiger partial charge >= 0.3 is 0 Å². The molecule has 0 aromatic heterocycles. The molecular weight excluding hydrogens is 242 g/mol. The molecule has 1 N–H and O–H groups in total. The predicted octanol–water partition coefficient (Wildman–Crippen LogP) is 2.79. The quantitative estimate of drug-likeness (QED) is 0.836. The summed E-state index contributed by atoms with van der Waals surface area (Å²) in [6.07, 6.45) is 9.22. The maximum Gasteiger partial charge on any atom is 0.00840 e. The average Bonchev–Trinajstić information content (AvgIpc) is 2.67. The van der Waals surface area contributed by atoms with Crippen LogP contribution in [-0.4, -0.2) is 0 Å². The summed E-state index contributed by atoms with van der Waals surface area (Å²) < 4.78 is 0. The summed E-state index contributed by atoms with van der Waals surface area (Å²) in [6, 6.07) is 15.4. The normalized spacial score (nSPS) is 12.2. The maximum absolute atomic E-state index is 3.28. The lowest BCUT2D eigenvalue weighted by Gasteiger charge is -2.01. The van der Waals surface area contributed by atoms with Crippen molar-refractivity contribution in [1.29, 1.82) is 0 Å². The highest BCUT2D eigenvalue weighted by molar-refractivity contribution is 5.40. The highest BCUT2D eigenvalue weighted by atomic mass is 14.8. The predicted molar refractivity (Wildman–Crippen MR) is 85.1 cm³/mol. The first-order valence-corrected chi connectivity index (χ1v) is 7.53. The van der Waals surface area contributed by atoms with Crippen molar-refractivity contribution >= 4 is 12.4 Å².